The van der Waals surface area contributed by atoms with Crippen LogP contribution in [0.25, 0.3) is 0 Å². The van der Waals surface area contributed by atoms with Crippen LogP contribution in [0.15, 0.2) is 0 Å². The van der Waals surface area contributed by atoms with Crippen LogP contribution in [-0.2, 0) is 19.1 Å². The Morgan fingerprint density at radius 1 is 1.38 bits per heavy atom. The summed E-state index contributed by atoms with van der Waals surface area (Å²) >= 11 is 0. The van der Waals surface area contributed by atoms with Crippen molar-refractivity contribution in [2.45, 2.75) is 19.9 Å². The van der Waals surface area contributed by atoms with Crippen LogP contribution in [0.3, 0.4) is 0 Å². The van der Waals surface area contributed by atoms with E-state index >= 15 is 0 Å². The molecule has 6 heteroatoms. The molecule has 0 aromatic heterocycles. The summed E-state index contributed by atoms with van der Waals surface area (Å²) in [6, 6.07) is -1.24. The lowest BCUT2D eigenvalue weighted by molar-refractivity contribution is -0.151. The third kappa shape index (κ3) is 4.59. The Bertz CT molecular complexity index is 233. The number of rotatable bonds is 7. The van der Waals surface area contributed by atoms with Crippen LogP contribution in [0, 0.1) is 0 Å². The maximum Gasteiger partial charge on any atom is 0.332 e. The van der Waals surface area contributed by atoms with Crippen LogP contribution in [0.5, 0.6) is 0 Å². The number of amides is 1. The third-order valence-corrected chi connectivity index (χ3v) is 2.07. The first-order valence-corrected chi connectivity index (χ1v) is 5.28. The van der Waals surface area contributed by atoms with Gasteiger partial charge in [-0.15, -0.1) is 0 Å². The van der Waals surface area contributed by atoms with Crippen molar-refractivity contribution in [1.29, 1.82) is 0 Å². The van der Waals surface area contributed by atoms with Gasteiger partial charge in [-0.1, -0.05) is 0 Å². The second-order valence-corrected chi connectivity index (χ2v) is 3.14. The lowest BCUT2D eigenvalue weighted by Crippen LogP contribution is -2.49. The lowest BCUT2D eigenvalue weighted by Gasteiger charge is -2.22. The molecule has 6 nitrogen and oxygen atoms in total. The number of likely N-dealkylation sites (N-methyl/N-ethyl adjacent to an activating group) is 1. The van der Waals surface area contributed by atoms with Gasteiger partial charge < -0.3 is 20.1 Å². The van der Waals surface area contributed by atoms with E-state index in [2.05, 4.69) is 4.74 Å². The Kier molecular flexibility index (Phi) is 7.49. The van der Waals surface area contributed by atoms with E-state index in [-0.39, 0.29) is 6.61 Å². The zero-order valence-corrected chi connectivity index (χ0v) is 10.1. The van der Waals surface area contributed by atoms with E-state index in [4.69, 9.17) is 10.5 Å². The highest BCUT2D eigenvalue weighted by molar-refractivity contribution is 6.01. The fourth-order valence-electron chi connectivity index (χ4n) is 1.16. The summed E-state index contributed by atoms with van der Waals surface area (Å²) in [6.45, 7) is 5.00. The Balaban J connectivity index is 4.31. The summed E-state index contributed by atoms with van der Waals surface area (Å²) in [5, 5.41) is 0. The van der Waals surface area contributed by atoms with Crippen molar-refractivity contribution < 1.29 is 19.1 Å². The number of ether oxygens (including phenoxy) is 2. The molecule has 0 aliphatic rings. The van der Waals surface area contributed by atoms with Gasteiger partial charge in [0.25, 0.3) is 5.91 Å². The molecule has 0 aromatic carbocycles. The molecule has 0 heterocycles. The van der Waals surface area contributed by atoms with Crippen molar-refractivity contribution in [2.75, 3.05) is 33.4 Å². The Hall–Kier alpha value is -1.14. The average molecular weight is 232 g/mol. The number of nitrogens with zero attached hydrogens (tertiary/aromatic N) is 1. The summed E-state index contributed by atoms with van der Waals surface area (Å²) in [5.41, 5.74) is 5.49. The maximum absolute atomic E-state index is 11.7. The Morgan fingerprint density at radius 2 is 2.00 bits per heavy atom. The summed E-state index contributed by atoms with van der Waals surface area (Å²) in [4.78, 5) is 24.5. The van der Waals surface area contributed by atoms with Gasteiger partial charge in [0.1, 0.15) is 0 Å². The molecule has 0 aliphatic heterocycles. The van der Waals surface area contributed by atoms with Gasteiger partial charge in [-0.3, -0.25) is 4.79 Å². The molecule has 0 spiro atoms. The largest absolute Gasteiger partial charge is 0.464 e. The van der Waals surface area contributed by atoms with Crippen molar-refractivity contribution in [3.63, 3.8) is 0 Å². The number of esters is 1. The van der Waals surface area contributed by atoms with Crippen LogP contribution in [-0.4, -0.2) is 56.2 Å². The second-order valence-electron chi connectivity index (χ2n) is 3.14. The van der Waals surface area contributed by atoms with E-state index < -0.39 is 17.9 Å². The third-order valence-electron chi connectivity index (χ3n) is 2.07. The highest BCUT2D eigenvalue weighted by Gasteiger charge is 2.27. The van der Waals surface area contributed by atoms with E-state index in [9.17, 15) is 9.59 Å². The Labute approximate surface area is 95.7 Å². The molecule has 1 amide bonds. The molecule has 16 heavy (non-hydrogen) atoms. The van der Waals surface area contributed by atoms with Gasteiger partial charge in [-0.2, -0.15) is 0 Å². The number of carbonyl (C=O) groups excluding carboxylic acids is 2. The molecular weight excluding hydrogens is 212 g/mol. The molecule has 2 N–H and O–H groups in total. The zero-order chi connectivity index (χ0) is 12.6. The SMILES string of the molecule is CCOC(=O)C(N)C(=O)N(CC)CCOC. The molecule has 0 saturated heterocycles. The molecule has 0 saturated carbocycles. The fourth-order valence-corrected chi connectivity index (χ4v) is 1.16. The minimum atomic E-state index is -1.24. The van der Waals surface area contributed by atoms with Crippen molar-refractivity contribution in [2.24, 2.45) is 5.73 Å². The summed E-state index contributed by atoms with van der Waals surface area (Å²) in [6.07, 6.45) is 0. The topological polar surface area (TPSA) is 81.9 Å². The monoisotopic (exact) mass is 232 g/mol. The number of hydrogen-bond donors (Lipinski definition) is 1. The summed E-state index contributed by atoms with van der Waals surface area (Å²) < 4.78 is 9.54. The van der Waals surface area contributed by atoms with E-state index in [1.54, 1.807) is 14.0 Å². The van der Waals surface area contributed by atoms with Gasteiger partial charge in [0, 0.05) is 20.2 Å². The Morgan fingerprint density at radius 3 is 2.44 bits per heavy atom. The van der Waals surface area contributed by atoms with Gasteiger partial charge in [0.2, 0.25) is 0 Å². The number of nitrogens with two attached hydrogens (primary N) is 1. The van der Waals surface area contributed by atoms with Crippen molar-refractivity contribution >= 4 is 11.9 Å². The first-order chi connectivity index (χ1) is 7.58. The number of hydrogen-bond acceptors (Lipinski definition) is 5. The van der Waals surface area contributed by atoms with Crippen LogP contribution in [0.1, 0.15) is 13.8 Å². The molecular formula is C10H20N2O4. The highest BCUT2D eigenvalue weighted by Crippen LogP contribution is 1.96. The molecule has 0 bridgehead atoms. The van der Waals surface area contributed by atoms with E-state index in [0.717, 1.165) is 0 Å². The summed E-state index contributed by atoms with van der Waals surface area (Å²) in [7, 11) is 1.55. The molecule has 1 unspecified atom stereocenters. The molecule has 1 atom stereocenters. The van der Waals surface area contributed by atoms with Gasteiger partial charge in [0.15, 0.2) is 6.04 Å². The van der Waals surface area contributed by atoms with Crippen molar-refractivity contribution in [1.82, 2.24) is 4.90 Å². The number of methoxy groups -OCH3 is 1. The zero-order valence-electron chi connectivity index (χ0n) is 10.1. The molecule has 0 aliphatic carbocycles. The minimum Gasteiger partial charge on any atom is -0.464 e. The van der Waals surface area contributed by atoms with Crippen LogP contribution >= 0.6 is 0 Å². The molecule has 94 valence electrons. The van der Waals surface area contributed by atoms with E-state index in [1.165, 1.54) is 4.90 Å². The predicted octanol–water partition coefficient (Wildman–Crippen LogP) is -0.628. The first-order valence-electron chi connectivity index (χ1n) is 5.28. The van der Waals surface area contributed by atoms with Gasteiger partial charge in [0.05, 0.1) is 13.2 Å². The predicted molar refractivity (Wildman–Crippen MR) is 58.7 cm³/mol. The minimum absolute atomic E-state index is 0.212. The fraction of sp³-hybridized carbons (Fsp3) is 0.800. The van der Waals surface area contributed by atoms with Gasteiger partial charge >= 0.3 is 5.97 Å². The number of carbonyl (C=O) groups is 2. The van der Waals surface area contributed by atoms with Gasteiger partial charge in [-0.05, 0) is 13.8 Å². The maximum atomic E-state index is 11.7. The quantitative estimate of drug-likeness (QED) is 0.467. The van der Waals surface area contributed by atoms with Gasteiger partial charge in [-0.25, -0.2) is 4.79 Å². The van der Waals surface area contributed by atoms with Crippen LogP contribution in [0.2, 0.25) is 0 Å². The van der Waals surface area contributed by atoms with Crippen molar-refractivity contribution in [3.8, 4) is 0 Å². The normalized spacial score (nSPS) is 12.0. The van der Waals surface area contributed by atoms with Crippen LogP contribution in [0.4, 0.5) is 0 Å². The van der Waals surface area contributed by atoms with E-state index in [1.807, 2.05) is 6.92 Å². The van der Waals surface area contributed by atoms with E-state index in [0.29, 0.717) is 19.7 Å². The van der Waals surface area contributed by atoms with Crippen molar-refractivity contribution in [3.05, 3.63) is 0 Å². The first kappa shape index (κ1) is 14.9. The van der Waals surface area contributed by atoms with Crippen LogP contribution < -0.4 is 5.73 Å². The lowest BCUT2D eigenvalue weighted by atomic mass is 10.2. The second kappa shape index (κ2) is 8.06. The molecule has 0 fully saturated rings. The highest BCUT2D eigenvalue weighted by atomic mass is 16.5. The standard InChI is InChI=1S/C10H20N2O4/c1-4-12(6-7-15-3)9(13)8(11)10(14)16-5-2/h8H,4-7,11H2,1-3H3. The summed E-state index contributed by atoms with van der Waals surface area (Å²) in [5.74, 6) is -1.12. The smallest absolute Gasteiger partial charge is 0.332 e. The average Bonchev–Trinajstić information content (AvgIpc) is 2.29. The molecule has 0 rings (SSSR count). The molecule has 0 radical (unpaired) electrons. The molecule has 0 aromatic rings.